The Kier molecular flexibility index (Phi) is 3.12. The van der Waals surface area contributed by atoms with Crippen LogP contribution in [0.3, 0.4) is 0 Å². The molecule has 0 N–H and O–H groups in total. The summed E-state index contributed by atoms with van der Waals surface area (Å²) in [7, 11) is 0. The zero-order valence-corrected chi connectivity index (χ0v) is 10.2. The number of hydrogen-bond acceptors (Lipinski definition) is 1. The molecule has 0 aliphatic rings. The second-order valence-corrected chi connectivity index (χ2v) is 5.40. The molecule has 0 spiro atoms. The first-order valence-corrected chi connectivity index (χ1v) is 5.32. The third kappa shape index (κ3) is 2.80. The topological polar surface area (TPSA) is 12.9 Å². The fraction of sp³-hybridized carbons (Fsp3) is 0.545. The van der Waals surface area contributed by atoms with Gasteiger partial charge in [0.25, 0.3) is 0 Å². The Balaban J connectivity index is 2.90. The first-order valence-electron chi connectivity index (χ1n) is 4.52. The van der Waals surface area contributed by atoms with Crippen molar-refractivity contribution in [3.8, 4) is 0 Å². The third-order valence-electron chi connectivity index (χ3n) is 2.49. The van der Waals surface area contributed by atoms with Crippen LogP contribution >= 0.6 is 15.9 Å². The van der Waals surface area contributed by atoms with E-state index in [-0.39, 0.29) is 5.41 Å². The molecular weight excluding hydrogens is 226 g/mol. The lowest BCUT2D eigenvalue weighted by molar-refractivity contribution is 0.334. The molecule has 0 saturated heterocycles. The van der Waals surface area contributed by atoms with E-state index in [9.17, 15) is 0 Å². The first kappa shape index (κ1) is 10.7. The minimum Gasteiger partial charge on any atom is -0.260 e. The summed E-state index contributed by atoms with van der Waals surface area (Å²) >= 11 is 3.38. The van der Waals surface area contributed by atoms with Gasteiger partial charge in [0, 0.05) is 22.3 Å². The highest BCUT2D eigenvalue weighted by molar-refractivity contribution is 9.10. The van der Waals surface area contributed by atoms with Crippen molar-refractivity contribution in [2.75, 3.05) is 0 Å². The van der Waals surface area contributed by atoms with Gasteiger partial charge >= 0.3 is 0 Å². The number of halogens is 1. The van der Waals surface area contributed by atoms with Crippen molar-refractivity contribution >= 4 is 15.9 Å². The molecule has 1 rings (SSSR count). The van der Waals surface area contributed by atoms with Gasteiger partial charge in [0.1, 0.15) is 0 Å². The third-order valence-corrected chi connectivity index (χ3v) is 2.96. The number of rotatable bonds is 1. The zero-order chi connectivity index (χ0) is 10.1. The highest BCUT2D eigenvalue weighted by Gasteiger charge is 2.22. The van der Waals surface area contributed by atoms with E-state index in [1.54, 1.807) is 0 Å². The minimum atomic E-state index is 0.279. The molecule has 0 aliphatic carbocycles. The fourth-order valence-corrected chi connectivity index (χ4v) is 1.32. The van der Waals surface area contributed by atoms with Crippen molar-refractivity contribution in [3.05, 3.63) is 28.5 Å². The summed E-state index contributed by atoms with van der Waals surface area (Å²) < 4.78 is 1.04. The molecule has 0 bridgehead atoms. The highest BCUT2D eigenvalue weighted by atomic mass is 79.9. The fourth-order valence-electron chi connectivity index (χ4n) is 1.09. The summed E-state index contributed by atoms with van der Waals surface area (Å²) in [6, 6.07) is 4.13. The second kappa shape index (κ2) is 3.79. The van der Waals surface area contributed by atoms with Crippen molar-refractivity contribution in [2.45, 2.75) is 33.6 Å². The van der Waals surface area contributed by atoms with Gasteiger partial charge in [-0.3, -0.25) is 4.98 Å². The molecule has 1 atom stereocenters. The average Bonchev–Trinajstić information content (AvgIpc) is 2.03. The van der Waals surface area contributed by atoms with Gasteiger partial charge in [-0.15, -0.1) is 0 Å². The van der Waals surface area contributed by atoms with Crippen LogP contribution in [0.5, 0.6) is 0 Å². The van der Waals surface area contributed by atoms with Crippen LogP contribution < -0.4 is 0 Å². The van der Waals surface area contributed by atoms with Crippen LogP contribution in [0.1, 0.15) is 39.3 Å². The van der Waals surface area contributed by atoms with Crippen molar-refractivity contribution in [1.82, 2.24) is 4.98 Å². The number of aromatic nitrogens is 1. The van der Waals surface area contributed by atoms with Gasteiger partial charge in [-0.1, -0.05) is 27.7 Å². The lowest BCUT2D eigenvalue weighted by atomic mass is 9.80. The van der Waals surface area contributed by atoms with Crippen LogP contribution in [0.2, 0.25) is 0 Å². The van der Waals surface area contributed by atoms with E-state index < -0.39 is 0 Å². The van der Waals surface area contributed by atoms with E-state index in [0.29, 0.717) is 5.92 Å². The summed E-state index contributed by atoms with van der Waals surface area (Å²) in [5, 5.41) is 0. The molecular formula is C11H16BrN. The Morgan fingerprint density at radius 3 is 2.31 bits per heavy atom. The van der Waals surface area contributed by atoms with Crippen LogP contribution in [0.4, 0.5) is 0 Å². The van der Waals surface area contributed by atoms with E-state index in [1.165, 1.54) is 0 Å². The average molecular weight is 242 g/mol. The maximum Gasteiger partial charge on any atom is 0.0437 e. The van der Waals surface area contributed by atoms with Crippen molar-refractivity contribution in [2.24, 2.45) is 5.41 Å². The molecule has 0 saturated carbocycles. The second-order valence-electron chi connectivity index (χ2n) is 4.49. The Hall–Kier alpha value is -0.370. The van der Waals surface area contributed by atoms with Crippen LogP contribution in [0, 0.1) is 5.41 Å². The summed E-state index contributed by atoms with van der Waals surface area (Å²) in [4.78, 5) is 4.40. The normalized spacial score (nSPS) is 14.2. The standard InChI is InChI=1S/C11H16BrN/c1-8(11(2,3)4)10-6-5-9(12)7-13-10/h5-8H,1-4H3. The Morgan fingerprint density at radius 1 is 1.31 bits per heavy atom. The van der Waals surface area contributed by atoms with Gasteiger partial charge in [-0.25, -0.2) is 0 Å². The molecule has 0 fully saturated rings. The van der Waals surface area contributed by atoms with E-state index in [2.05, 4.69) is 54.7 Å². The van der Waals surface area contributed by atoms with Crippen molar-refractivity contribution in [1.29, 1.82) is 0 Å². The highest BCUT2D eigenvalue weighted by Crippen LogP contribution is 2.33. The van der Waals surface area contributed by atoms with E-state index >= 15 is 0 Å². The molecule has 1 unspecified atom stereocenters. The van der Waals surface area contributed by atoms with E-state index in [0.717, 1.165) is 10.2 Å². The molecule has 0 aliphatic heterocycles. The van der Waals surface area contributed by atoms with E-state index in [4.69, 9.17) is 0 Å². The van der Waals surface area contributed by atoms with E-state index in [1.807, 2.05) is 12.3 Å². The van der Waals surface area contributed by atoms with Gasteiger partial charge in [0.05, 0.1) is 0 Å². The van der Waals surface area contributed by atoms with Gasteiger partial charge < -0.3 is 0 Å². The molecule has 72 valence electrons. The van der Waals surface area contributed by atoms with Crippen LogP contribution in [0.15, 0.2) is 22.8 Å². The van der Waals surface area contributed by atoms with Gasteiger partial charge in [0.2, 0.25) is 0 Å². The molecule has 0 radical (unpaired) electrons. The molecule has 2 heteroatoms. The Morgan fingerprint density at radius 2 is 1.92 bits per heavy atom. The maximum absolute atomic E-state index is 4.40. The molecule has 1 aromatic heterocycles. The van der Waals surface area contributed by atoms with Crippen LogP contribution in [0.25, 0.3) is 0 Å². The summed E-state index contributed by atoms with van der Waals surface area (Å²) in [6.45, 7) is 8.93. The number of pyridine rings is 1. The molecule has 1 nitrogen and oxygen atoms in total. The quantitative estimate of drug-likeness (QED) is 0.725. The number of nitrogens with zero attached hydrogens (tertiary/aromatic N) is 1. The molecule has 0 amide bonds. The lowest BCUT2D eigenvalue weighted by Gasteiger charge is -2.26. The van der Waals surface area contributed by atoms with Gasteiger partial charge in [0.15, 0.2) is 0 Å². The van der Waals surface area contributed by atoms with Gasteiger partial charge in [-0.05, 0) is 33.5 Å². The van der Waals surface area contributed by atoms with Crippen LogP contribution in [-0.2, 0) is 0 Å². The van der Waals surface area contributed by atoms with Crippen molar-refractivity contribution < 1.29 is 0 Å². The minimum absolute atomic E-state index is 0.279. The summed E-state index contributed by atoms with van der Waals surface area (Å²) in [5.74, 6) is 0.487. The Labute approximate surface area is 88.7 Å². The predicted molar refractivity (Wildman–Crippen MR) is 59.8 cm³/mol. The maximum atomic E-state index is 4.40. The Bertz CT molecular complexity index is 271. The number of hydrogen-bond donors (Lipinski definition) is 0. The first-order chi connectivity index (χ1) is 5.91. The zero-order valence-electron chi connectivity index (χ0n) is 8.63. The largest absolute Gasteiger partial charge is 0.260 e. The monoisotopic (exact) mass is 241 g/mol. The lowest BCUT2D eigenvalue weighted by Crippen LogP contribution is -2.16. The molecule has 1 heterocycles. The smallest absolute Gasteiger partial charge is 0.0437 e. The predicted octanol–water partition coefficient (Wildman–Crippen LogP) is 3.99. The van der Waals surface area contributed by atoms with Crippen molar-refractivity contribution in [3.63, 3.8) is 0 Å². The SMILES string of the molecule is CC(c1ccc(Br)cn1)C(C)(C)C. The summed E-state index contributed by atoms with van der Waals surface area (Å²) in [5.41, 5.74) is 1.44. The molecule has 0 aromatic carbocycles. The molecule has 13 heavy (non-hydrogen) atoms. The molecule has 1 aromatic rings. The summed E-state index contributed by atoms with van der Waals surface area (Å²) in [6.07, 6.45) is 1.86. The van der Waals surface area contributed by atoms with Gasteiger partial charge in [-0.2, -0.15) is 0 Å². The van der Waals surface area contributed by atoms with Crippen LogP contribution in [-0.4, -0.2) is 4.98 Å².